The monoisotopic (exact) mass is 515 g/mol. The predicted octanol–water partition coefficient (Wildman–Crippen LogP) is 1.34. The average Bonchev–Trinajstić information content (AvgIpc) is 2.87. The number of allylic oxidation sites excluding steroid dienone is 2. The van der Waals surface area contributed by atoms with Crippen molar-refractivity contribution in [3.63, 3.8) is 0 Å². The summed E-state index contributed by atoms with van der Waals surface area (Å²) in [7, 11) is 1.47. The van der Waals surface area contributed by atoms with E-state index in [0.29, 0.717) is 11.6 Å². The highest BCUT2D eigenvalue weighted by atomic mass is 19.1. The first kappa shape index (κ1) is 27.1. The Kier molecular flexibility index (Phi) is 8.80. The maximum Gasteiger partial charge on any atom is 0.277 e. The molecule has 196 valence electrons. The van der Waals surface area contributed by atoms with Crippen LogP contribution < -0.4 is 21.5 Å². The van der Waals surface area contributed by atoms with Crippen molar-refractivity contribution in [2.45, 2.75) is 6.54 Å². The molecule has 0 fully saturated rings. The fourth-order valence-corrected chi connectivity index (χ4v) is 3.66. The summed E-state index contributed by atoms with van der Waals surface area (Å²) in [4.78, 5) is 40.2. The van der Waals surface area contributed by atoms with Crippen LogP contribution in [0.5, 0.6) is 5.75 Å². The Bertz CT molecular complexity index is 1320. The van der Waals surface area contributed by atoms with Gasteiger partial charge in [0.2, 0.25) is 5.43 Å². The number of aromatic nitrogens is 1. The predicted molar refractivity (Wildman–Crippen MR) is 132 cm³/mol. The van der Waals surface area contributed by atoms with E-state index in [-0.39, 0.29) is 44.2 Å². The molecule has 1 aromatic heterocycles. The van der Waals surface area contributed by atoms with E-state index in [1.54, 1.807) is 23.2 Å². The number of fused-ring (bicyclic) bond motifs is 1. The molecule has 0 saturated heterocycles. The highest BCUT2D eigenvalue weighted by molar-refractivity contribution is 5.99. The summed E-state index contributed by atoms with van der Waals surface area (Å²) in [5, 5.41) is 14.7. The lowest BCUT2D eigenvalue weighted by Crippen LogP contribution is -2.55. The maximum atomic E-state index is 14.0. The van der Waals surface area contributed by atoms with Crippen LogP contribution >= 0.6 is 0 Å². The smallest absolute Gasteiger partial charge is 0.277 e. The molecule has 2 aromatic rings. The molecule has 2 amide bonds. The van der Waals surface area contributed by atoms with Gasteiger partial charge in [-0.2, -0.15) is 0 Å². The first-order valence-electron chi connectivity index (χ1n) is 11.2. The van der Waals surface area contributed by atoms with E-state index in [0.717, 1.165) is 18.3 Å². The molecule has 0 bridgehead atoms. The van der Waals surface area contributed by atoms with E-state index in [9.17, 15) is 28.3 Å². The van der Waals surface area contributed by atoms with E-state index in [1.165, 1.54) is 22.9 Å². The number of aromatic hydroxyl groups is 1. The van der Waals surface area contributed by atoms with E-state index >= 15 is 0 Å². The lowest BCUT2D eigenvalue weighted by atomic mass is 10.1. The molecule has 37 heavy (non-hydrogen) atoms. The number of methoxy groups -OCH3 is 1. The minimum absolute atomic E-state index is 0.00339. The van der Waals surface area contributed by atoms with Crippen LogP contribution in [0.3, 0.4) is 0 Å². The molecule has 1 aliphatic heterocycles. The number of pyridine rings is 1. The molecule has 0 aliphatic carbocycles. The molecule has 0 spiro atoms. The Balaban J connectivity index is 2.01. The molecule has 12 heteroatoms. The van der Waals surface area contributed by atoms with Crippen molar-refractivity contribution in [3.8, 4) is 5.75 Å². The zero-order chi connectivity index (χ0) is 27.1. The molecule has 1 aliphatic rings. The van der Waals surface area contributed by atoms with Crippen molar-refractivity contribution < 1.29 is 28.2 Å². The van der Waals surface area contributed by atoms with E-state index in [1.807, 2.05) is 0 Å². The number of halogens is 2. The molecule has 3 rings (SSSR count). The van der Waals surface area contributed by atoms with Gasteiger partial charge in [0.1, 0.15) is 23.9 Å². The summed E-state index contributed by atoms with van der Waals surface area (Å²) >= 11 is 0. The number of carbonyl (C=O) groups excluding carboxylic acids is 2. The zero-order valence-electron chi connectivity index (χ0n) is 20.1. The number of hydrogen-bond donors (Lipinski definition) is 3. The first-order valence-corrected chi connectivity index (χ1v) is 11.2. The van der Waals surface area contributed by atoms with Gasteiger partial charge in [0.25, 0.3) is 11.8 Å². The normalized spacial score (nSPS) is 13.7. The van der Waals surface area contributed by atoms with Gasteiger partial charge < -0.3 is 25.8 Å². The molecular formula is C25H27F2N5O5. The standard InChI is InChI=1S/C25H27F2N5O5/c1-3-16(5-4-8-28)13-31-15-30(9-10-37-2)25(36)21-23(34)22(33)19(14-32(21)31)24(35)29-12-17-6-7-18(26)11-20(17)27/h3-8,11,14,34H,1,9-10,12-13,15,28H2,2H3,(H,29,35)/b8-4-,16-5+. The van der Waals surface area contributed by atoms with Crippen LogP contribution in [0.15, 0.2) is 65.8 Å². The second-order valence-electron chi connectivity index (χ2n) is 8.03. The lowest BCUT2D eigenvalue weighted by molar-refractivity contribution is 0.0624. The van der Waals surface area contributed by atoms with Crippen LogP contribution in [0.25, 0.3) is 0 Å². The molecule has 0 radical (unpaired) electrons. The van der Waals surface area contributed by atoms with Crippen molar-refractivity contribution >= 4 is 11.8 Å². The van der Waals surface area contributed by atoms with Crippen molar-refractivity contribution in [2.75, 3.05) is 38.5 Å². The molecular weight excluding hydrogens is 488 g/mol. The Labute approximate surface area is 211 Å². The lowest BCUT2D eigenvalue weighted by Gasteiger charge is -2.40. The Morgan fingerprint density at radius 1 is 1.32 bits per heavy atom. The molecule has 0 atom stereocenters. The highest BCUT2D eigenvalue weighted by Gasteiger charge is 2.34. The van der Waals surface area contributed by atoms with Gasteiger partial charge in [-0.15, -0.1) is 0 Å². The highest BCUT2D eigenvalue weighted by Crippen LogP contribution is 2.22. The van der Waals surface area contributed by atoms with Crippen LogP contribution in [0, 0.1) is 11.6 Å². The Morgan fingerprint density at radius 2 is 2.08 bits per heavy atom. The van der Waals surface area contributed by atoms with Gasteiger partial charge >= 0.3 is 0 Å². The third-order valence-corrected chi connectivity index (χ3v) is 5.61. The summed E-state index contributed by atoms with van der Waals surface area (Å²) in [6.07, 6.45) is 7.32. The largest absolute Gasteiger partial charge is 0.502 e. The quantitative estimate of drug-likeness (QED) is 0.407. The number of nitrogens with zero attached hydrogens (tertiary/aromatic N) is 3. The van der Waals surface area contributed by atoms with E-state index in [4.69, 9.17) is 10.5 Å². The van der Waals surface area contributed by atoms with Crippen LogP contribution in [-0.2, 0) is 11.3 Å². The second-order valence-corrected chi connectivity index (χ2v) is 8.03. The van der Waals surface area contributed by atoms with Crippen molar-refractivity contribution in [1.82, 2.24) is 14.9 Å². The average molecular weight is 516 g/mol. The second kappa shape index (κ2) is 12.0. The number of amides is 2. The summed E-state index contributed by atoms with van der Waals surface area (Å²) in [5.41, 5.74) is 4.22. The first-order chi connectivity index (χ1) is 17.7. The van der Waals surface area contributed by atoms with Gasteiger partial charge in [-0.05, 0) is 23.9 Å². The molecule has 0 saturated carbocycles. The molecule has 2 heterocycles. The van der Waals surface area contributed by atoms with Crippen LogP contribution in [0.1, 0.15) is 26.4 Å². The van der Waals surface area contributed by atoms with Gasteiger partial charge in [-0.3, -0.25) is 24.1 Å². The van der Waals surface area contributed by atoms with Crippen molar-refractivity contribution in [3.05, 3.63) is 99.7 Å². The number of rotatable bonds is 10. The SMILES string of the molecule is C=C/C(=C\C=C/N)CN1CN(CCOC)C(=O)c2c(O)c(=O)c(C(=O)NCc3ccc(F)cc3F)cn21. The van der Waals surface area contributed by atoms with Gasteiger partial charge in [0.05, 0.1) is 13.2 Å². The van der Waals surface area contributed by atoms with Crippen LogP contribution in [0.2, 0.25) is 0 Å². The van der Waals surface area contributed by atoms with Gasteiger partial charge in [-0.1, -0.05) is 24.8 Å². The number of hydrogen-bond acceptors (Lipinski definition) is 7. The number of carbonyl (C=O) groups is 2. The molecule has 4 N–H and O–H groups in total. The van der Waals surface area contributed by atoms with Gasteiger partial charge in [0, 0.05) is 38.0 Å². The zero-order valence-corrected chi connectivity index (χ0v) is 20.1. The Hall–Kier alpha value is -4.45. The summed E-state index contributed by atoms with van der Waals surface area (Å²) in [5.74, 6) is -4.10. The molecule has 10 nitrogen and oxygen atoms in total. The number of ether oxygens (including phenoxy) is 1. The van der Waals surface area contributed by atoms with E-state index in [2.05, 4.69) is 11.9 Å². The fourth-order valence-electron chi connectivity index (χ4n) is 3.66. The van der Waals surface area contributed by atoms with Crippen LogP contribution in [0.4, 0.5) is 8.78 Å². The summed E-state index contributed by atoms with van der Waals surface area (Å²) < 4.78 is 33.4. The minimum atomic E-state index is -1.07. The summed E-state index contributed by atoms with van der Waals surface area (Å²) in [6.45, 7) is 4.03. The van der Waals surface area contributed by atoms with Gasteiger partial charge in [-0.25, -0.2) is 8.78 Å². The topological polar surface area (TPSA) is 130 Å². The van der Waals surface area contributed by atoms with Gasteiger partial charge in [0.15, 0.2) is 11.4 Å². The number of benzene rings is 1. The molecule has 1 aromatic carbocycles. The number of nitrogens with one attached hydrogen (secondary N) is 1. The molecule has 0 unspecified atom stereocenters. The third-order valence-electron chi connectivity index (χ3n) is 5.61. The maximum absolute atomic E-state index is 14.0. The van der Waals surface area contributed by atoms with Crippen molar-refractivity contribution in [2.24, 2.45) is 5.73 Å². The minimum Gasteiger partial charge on any atom is -0.502 e. The van der Waals surface area contributed by atoms with E-state index < -0.39 is 40.2 Å². The summed E-state index contributed by atoms with van der Waals surface area (Å²) in [6, 6.07) is 2.87. The third kappa shape index (κ3) is 6.04. The Morgan fingerprint density at radius 3 is 2.73 bits per heavy atom. The number of nitrogens with two attached hydrogens (primary N) is 1. The fraction of sp³-hybridized carbons (Fsp3) is 0.240. The van der Waals surface area contributed by atoms with Crippen molar-refractivity contribution in [1.29, 1.82) is 0 Å². The van der Waals surface area contributed by atoms with Crippen LogP contribution in [-0.4, -0.2) is 60.0 Å².